The van der Waals surface area contributed by atoms with Crippen LogP contribution in [0.1, 0.15) is 0 Å². The molecule has 4 heteroatoms. The van der Waals surface area contributed by atoms with E-state index < -0.39 is 0 Å². The van der Waals surface area contributed by atoms with Gasteiger partial charge in [-0.2, -0.15) is 11.8 Å². The minimum absolute atomic E-state index is 0.463. The molecule has 1 N–H and O–H groups in total. The number of ether oxygens (including phenoxy) is 2. The van der Waals surface area contributed by atoms with E-state index in [-0.39, 0.29) is 0 Å². The lowest BCUT2D eigenvalue weighted by Gasteiger charge is -2.23. The Labute approximate surface area is 101 Å². The predicted molar refractivity (Wildman–Crippen MR) is 67.6 cm³/mol. The van der Waals surface area contributed by atoms with Gasteiger partial charge < -0.3 is 14.8 Å². The van der Waals surface area contributed by atoms with Crippen molar-refractivity contribution in [1.29, 1.82) is 0 Å². The van der Waals surface area contributed by atoms with Gasteiger partial charge in [-0.15, -0.1) is 0 Å². The van der Waals surface area contributed by atoms with Crippen LogP contribution in [0.5, 0.6) is 11.5 Å². The minimum Gasteiger partial charge on any atom is -0.497 e. The van der Waals surface area contributed by atoms with Gasteiger partial charge in [-0.25, -0.2) is 0 Å². The van der Waals surface area contributed by atoms with Gasteiger partial charge in [-0.3, -0.25) is 0 Å². The van der Waals surface area contributed by atoms with Crippen molar-refractivity contribution in [3.63, 3.8) is 0 Å². The number of benzene rings is 1. The predicted octanol–water partition coefficient (Wildman–Crippen LogP) is 1.78. The summed E-state index contributed by atoms with van der Waals surface area (Å²) in [5.41, 5.74) is 0. The van der Waals surface area contributed by atoms with E-state index in [1.165, 1.54) is 5.75 Å². The van der Waals surface area contributed by atoms with Crippen LogP contribution in [0.25, 0.3) is 0 Å². The molecule has 16 heavy (non-hydrogen) atoms. The topological polar surface area (TPSA) is 30.5 Å². The summed E-state index contributed by atoms with van der Waals surface area (Å²) in [5, 5.41) is 3.44. The van der Waals surface area contributed by atoms with Crippen molar-refractivity contribution in [2.24, 2.45) is 0 Å². The molecular weight excluding hydrogens is 222 g/mol. The number of thioether (sulfide) groups is 1. The van der Waals surface area contributed by atoms with Gasteiger partial charge in [0.2, 0.25) is 0 Å². The van der Waals surface area contributed by atoms with Crippen LogP contribution in [0.3, 0.4) is 0 Å². The Morgan fingerprint density at radius 1 is 1.44 bits per heavy atom. The maximum Gasteiger partial charge on any atom is 0.123 e. The average Bonchev–Trinajstić information content (AvgIpc) is 2.38. The second kappa shape index (κ2) is 6.01. The Morgan fingerprint density at radius 2 is 2.31 bits per heavy atom. The van der Waals surface area contributed by atoms with Gasteiger partial charge in [-0.1, -0.05) is 6.07 Å². The molecule has 1 aliphatic heterocycles. The van der Waals surface area contributed by atoms with E-state index in [9.17, 15) is 0 Å². The molecule has 0 spiro atoms. The molecule has 1 unspecified atom stereocenters. The summed E-state index contributed by atoms with van der Waals surface area (Å²) >= 11 is 1.98. The molecule has 2 rings (SSSR count). The standard InChI is InChI=1S/C12H17NO2S/c1-14-11-3-2-4-12(7-11)15-8-10-9-16-6-5-13-10/h2-4,7,10,13H,5-6,8-9H2,1H3. The lowest BCUT2D eigenvalue weighted by atomic mass is 10.3. The van der Waals surface area contributed by atoms with E-state index in [0.717, 1.165) is 30.4 Å². The quantitative estimate of drug-likeness (QED) is 0.867. The molecule has 1 heterocycles. The van der Waals surface area contributed by atoms with Crippen LogP contribution in [0.2, 0.25) is 0 Å². The van der Waals surface area contributed by atoms with E-state index in [0.29, 0.717) is 6.04 Å². The number of hydrogen-bond donors (Lipinski definition) is 1. The van der Waals surface area contributed by atoms with Crippen LogP contribution in [0.4, 0.5) is 0 Å². The lowest BCUT2D eigenvalue weighted by molar-refractivity contribution is 0.274. The Hall–Kier alpha value is -0.870. The fourth-order valence-corrected chi connectivity index (χ4v) is 2.54. The maximum atomic E-state index is 5.73. The van der Waals surface area contributed by atoms with Crippen LogP contribution >= 0.6 is 11.8 Å². The van der Waals surface area contributed by atoms with Crippen molar-refractivity contribution < 1.29 is 9.47 Å². The molecule has 3 nitrogen and oxygen atoms in total. The van der Waals surface area contributed by atoms with Gasteiger partial charge in [0.1, 0.15) is 18.1 Å². The Bertz CT molecular complexity index is 327. The van der Waals surface area contributed by atoms with Crippen molar-refractivity contribution in [1.82, 2.24) is 5.32 Å². The van der Waals surface area contributed by atoms with Crippen molar-refractivity contribution in [2.75, 3.05) is 31.8 Å². The molecule has 1 aromatic carbocycles. The minimum atomic E-state index is 0.463. The summed E-state index contributed by atoms with van der Waals surface area (Å²) in [6.07, 6.45) is 0. The molecular formula is C12H17NO2S. The summed E-state index contributed by atoms with van der Waals surface area (Å²) in [7, 11) is 1.67. The molecule has 0 aromatic heterocycles. The first-order chi connectivity index (χ1) is 7.88. The molecule has 1 aromatic rings. The maximum absolute atomic E-state index is 5.73. The van der Waals surface area contributed by atoms with Crippen molar-refractivity contribution in [2.45, 2.75) is 6.04 Å². The molecule has 0 amide bonds. The van der Waals surface area contributed by atoms with Gasteiger partial charge in [0.25, 0.3) is 0 Å². The Balaban J connectivity index is 1.83. The van der Waals surface area contributed by atoms with E-state index in [4.69, 9.17) is 9.47 Å². The monoisotopic (exact) mass is 239 g/mol. The molecule has 1 aliphatic rings. The van der Waals surface area contributed by atoms with Gasteiger partial charge in [0.05, 0.1) is 13.2 Å². The van der Waals surface area contributed by atoms with Crippen LogP contribution in [-0.2, 0) is 0 Å². The average molecular weight is 239 g/mol. The summed E-state index contributed by atoms with van der Waals surface area (Å²) in [6, 6.07) is 8.19. The van der Waals surface area contributed by atoms with Crippen LogP contribution in [0, 0.1) is 0 Å². The third-order valence-corrected chi connectivity index (χ3v) is 3.62. The molecule has 0 radical (unpaired) electrons. The fraction of sp³-hybridized carbons (Fsp3) is 0.500. The Kier molecular flexibility index (Phi) is 4.36. The number of methoxy groups -OCH3 is 1. The van der Waals surface area contributed by atoms with Gasteiger partial charge in [-0.05, 0) is 12.1 Å². The number of hydrogen-bond acceptors (Lipinski definition) is 4. The highest BCUT2D eigenvalue weighted by atomic mass is 32.2. The SMILES string of the molecule is COc1cccc(OCC2CSCCN2)c1. The zero-order valence-electron chi connectivity index (χ0n) is 9.44. The summed E-state index contributed by atoms with van der Waals surface area (Å²) < 4.78 is 10.9. The molecule has 0 bridgehead atoms. The molecule has 0 aliphatic carbocycles. The van der Waals surface area contributed by atoms with Crippen molar-refractivity contribution in [3.8, 4) is 11.5 Å². The van der Waals surface area contributed by atoms with Gasteiger partial charge >= 0.3 is 0 Å². The fourth-order valence-electron chi connectivity index (χ4n) is 1.61. The molecule has 1 atom stereocenters. The largest absolute Gasteiger partial charge is 0.497 e. The van der Waals surface area contributed by atoms with E-state index in [1.807, 2.05) is 36.0 Å². The van der Waals surface area contributed by atoms with Crippen LogP contribution in [-0.4, -0.2) is 37.8 Å². The van der Waals surface area contributed by atoms with Gasteiger partial charge in [0.15, 0.2) is 0 Å². The highest BCUT2D eigenvalue weighted by molar-refractivity contribution is 7.99. The van der Waals surface area contributed by atoms with Crippen LogP contribution < -0.4 is 14.8 Å². The van der Waals surface area contributed by atoms with E-state index in [1.54, 1.807) is 7.11 Å². The molecule has 0 saturated carbocycles. The van der Waals surface area contributed by atoms with Gasteiger partial charge in [0, 0.05) is 24.1 Å². The van der Waals surface area contributed by atoms with Crippen molar-refractivity contribution in [3.05, 3.63) is 24.3 Å². The first-order valence-electron chi connectivity index (χ1n) is 5.46. The number of nitrogens with one attached hydrogen (secondary N) is 1. The highest BCUT2D eigenvalue weighted by Gasteiger charge is 2.13. The second-order valence-electron chi connectivity index (χ2n) is 3.72. The molecule has 1 saturated heterocycles. The summed E-state index contributed by atoms with van der Waals surface area (Å²) in [6.45, 7) is 1.80. The Morgan fingerprint density at radius 3 is 3.06 bits per heavy atom. The third-order valence-electron chi connectivity index (χ3n) is 2.49. The first kappa shape index (κ1) is 11.6. The lowest BCUT2D eigenvalue weighted by Crippen LogP contribution is -2.41. The number of rotatable bonds is 4. The smallest absolute Gasteiger partial charge is 0.123 e. The second-order valence-corrected chi connectivity index (χ2v) is 4.87. The first-order valence-corrected chi connectivity index (χ1v) is 6.62. The molecule has 88 valence electrons. The molecule has 1 fully saturated rings. The van der Waals surface area contributed by atoms with E-state index >= 15 is 0 Å². The normalized spacial score (nSPS) is 20.4. The summed E-state index contributed by atoms with van der Waals surface area (Å²) in [5.74, 6) is 4.04. The summed E-state index contributed by atoms with van der Waals surface area (Å²) in [4.78, 5) is 0. The highest BCUT2D eigenvalue weighted by Crippen LogP contribution is 2.19. The zero-order chi connectivity index (χ0) is 11.2. The zero-order valence-corrected chi connectivity index (χ0v) is 10.3. The third kappa shape index (κ3) is 3.32. The van der Waals surface area contributed by atoms with Crippen LogP contribution in [0.15, 0.2) is 24.3 Å². The van der Waals surface area contributed by atoms with Crippen molar-refractivity contribution >= 4 is 11.8 Å². The van der Waals surface area contributed by atoms with E-state index in [2.05, 4.69) is 5.32 Å².